The number of hydrogen-bond acceptors (Lipinski definition) is 3. The van der Waals surface area contributed by atoms with Crippen LogP contribution in [0.2, 0.25) is 5.02 Å². The molecule has 0 saturated heterocycles. The number of nitrogens with zero attached hydrogens (tertiary/aromatic N) is 2. The van der Waals surface area contributed by atoms with Gasteiger partial charge in [0.15, 0.2) is 0 Å². The first-order valence-corrected chi connectivity index (χ1v) is 5.37. The molecule has 0 N–H and O–H groups in total. The Morgan fingerprint density at radius 2 is 2.00 bits per heavy atom. The van der Waals surface area contributed by atoms with Crippen molar-refractivity contribution in [1.82, 2.24) is 9.97 Å². The van der Waals surface area contributed by atoms with E-state index in [1.807, 2.05) is 13.0 Å². The van der Waals surface area contributed by atoms with Crippen LogP contribution in [0.5, 0.6) is 11.6 Å². The number of aromatic nitrogens is 2. The highest BCUT2D eigenvalue weighted by atomic mass is 35.5. The van der Waals surface area contributed by atoms with Crippen molar-refractivity contribution in [3.05, 3.63) is 46.6 Å². The van der Waals surface area contributed by atoms with Crippen LogP contribution in [-0.2, 0) is 0 Å². The highest BCUT2D eigenvalue weighted by Crippen LogP contribution is 2.31. The van der Waals surface area contributed by atoms with Crippen molar-refractivity contribution in [3.63, 3.8) is 0 Å². The van der Waals surface area contributed by atoms with E-state index in [1.54, 1.807) is 19.1 Å². The summed E-state index contributed by atoms with van der Waals surface area (Å²) in [6.45, 7) is 3.39. The number of rotatable bonds is 2. The molecule has 0 aliphatic heterocycles. The summed E-state index contributed by atoms with van der Waals surface area (Å²) in [4.78, 5) is 7.46. The van der Waals surface area contributed by atoms with Crippen molar-refractivity contribution >= 4 is 11.6 Å². The first-order valence-electron chi connectivity index (χ1n) is 4.99. The quantitative estimate of drug-likeness (QED) is 0.818. The lowest BCUT2D eigenvalue weighted by Crippen LogP contribution is -1.97. The van der Waals surface area contributed by atoms with Crippen molar-refractivity contribution in [2.24, 2.45) is 0 Å². The third-order valence-electron chi connectivity index (χ3n) is 2.29. The Labute approximate surface area is 103 Å². The second-order valence-electron chi connectivity index (χ2n) is 3.57. The van der Waals surface area contributed by atoms with Crippen LogP contribution < -0.4 is 4.74 Å². The minimum Gasteiger partial charge on any atom is -0.435 e. The van der Waals surface area contributed by atoms with Crippen LogP contribution >= 0.6 is 11.6 Å². The van der Waals surface area contributed by atoms with Gasteiger partial charge in [-0.05, 0) is 25.5 Å². The summed E-state index contributed by atoms with van der Waals surface area (Å²) in [6.07, 6.45) is 1.25. The van der Waals surface area contributed by atoms with Crippen LogP contribution in [0.3, 0.4) is 0 Å². The molecule has 1 heterocycles. The predicted octanol–water partition coefficient (Wildman–Crippen LogP) is 3.68. The molecule has 2 rings (SSSR count). The van der Waals surface area contributed by atoms with E-state index in [1.165, 1.54) is 6.33 Å². The molecule has 1 aromatic heterocycles. The molecule has 5 heteroatoms. The van der Waals surface area contributed by atoms with Gasteiger partial charge in [0.1, 0.15) is 12.1 Å². The number of halogens is 2. The van der Waals surface area contributed by atoms with Gasteiger partial charge in [0, 0.05) is 0 Å². The van der Waals surface area contributed by atoms with Gasteiger partial charge < -0.3 is 4.74 Å². The van der Waals surface area contributed by atoms with Gasteiger partial charge in [-0.25, -0.2) is 4.98 Å². The number of aryl methyl sites for hydroxylation is 2. The Morgan fingerprint density at radius 3 is 2.76 bits per heavy atom. The van der Waals surface area contributed by atoms with Gasteiger partial charge in [-0.1, -0.05) is 23.7 Å². The zero-order valence-electron chi connectivity index (χ0n) is 9.37. The molecule has 0 amide bonds. The predicted molar refractivity (Wildman–Crippen MR) is 63.0 cm³/mol. The standard InChI is InChI=1S/C12H10ClFN2O/c1-7-4-3-5-9(10(7)13)17-12-11(14)8(2)15-6-16-12/h3-6H,1-2H3. The maximum atomic E-state index is 13.6. The Morgan fingerprint density at radius 1 is 1.24 bits per heavy atom. The minimum atomic E-state index is -0.579. The summed E-state index contributed by atoms with van der Waals surface area (Å²) < 4.78 is 19.0. The Balaban J connectivity index is 2.38. The Kier molecular flexibility index (Phi) is 3.24. The molecule has 17 heavy (non-hydrogen) atoms. The van der Waals surface area contributed by atoms with Gasteiger partial charge >= 0.3 is 0 Å². The number of hydrogen-bond donors (Lipinski definition) is 0. The third-order valence-corrected chi connectivity index (χ3v) is 2.78. The second-order valence-corrected chi connectivity index (χ2v) is 3.95. The Bertz CT molecular complexity index is 511. The third kappa shape index (κ3) is 2.36. The number of ether oxygens (including phenoxy) is 1. The van der Waals surface area contributed by atoms with E-state index in [4.69, 9.17) is 16.3 Å². The van der Waals surface area contributed by atoms with Gasteiger partial charge in [0.05, 0.1) is 10.7 Å². The summed E-state index contributed by atoms with van der Waals surface area (Å²) in [6, 6.07) is 5.28. The lowest BCUT2D eigenvalue weighted by atomic mass is 10.2. The molecular weight excluding hydrogens is 243 g/mol. The molecule has 3 nitrogen and oxygen atoms in total. The topological polar surface area (TPSA) is 35.0 Å². The lowest BCUT2D eigenvalue weighted by Gasteiger charge is -2.09. The normalized spacial score (nSPS) is 10.4. The van der Waals surface area contributed by atoms with E-state index in [0.717, 1.165) is 5.56 Å². The van der Waals surface area contributed by atoms with Gasteiger partial charge in [-0.3, -0.25) is 0 Å². The van der Waals surface area contributed by atoms with Gasteiger partial charge in [-0.15, -0.1) is 0 Å². The molecule has 0 spiro atoms. The zero-order valence-corrected chi connectivity index (χ0v) is 10.1. The van der Waals surface area contributed by atoms with E-state index < -0.39 is 5.82 Å². The summed E-state index contributed by atoms with van der Waals surface area (Å²) in [7, 11) is 0. The van der Waals surface area contributed by atoms with E-state index in [-0.39, 0.29) is 11.6 Å². The molecule has 0 saturated carbocycles. The molecule has 1 aromatic carbocycles. The van der Waals surface area contributed by atoms with Crippen molar-refractivity contribution in [1.29, 1.82) is 0 Å². The molecule has 0 unspecified atom stereocenters. The maximum absolute atomic E-state index is 13.6. The smallest absolute Gasteiger partial charge is 0.259 e. The lowest BCUT2D eigenvalue weighted by molar-refractivity contribution is 0.416. The van der Waals surface area contributed by atoms with Crippen LogP contribution in [0.4, 0.5) is 4.39 Å². The van der Waals surface area contributed by atoms with Crippen LogP contribution in [0.1, 0.15) is 11.3 Å². The van der Waals surface area contributed by atoms with E-state index >= 15 is 0 Å². The van der Waals surface area contributed by atoms with Crippen LogP contribution in [0.25, 0.3) is 0 Å². The average molecular weight is 253 g/mol. The summed E-state index contributed by atoms with van der Waals surface area (Å²) >= 11 is 6.04. The molecule has 0 aliphatic rings. The highest BCUT2D eigenvalue weighted by molar-refractivity contribution is 6.32. The molecule has 0 radical (unpaired) electrons. The van der Waals surface area contributed by atoms with Crippen LogP contribution in [-0.4, -0.2) is 9.97 Å². The monoisotopic (exact) mass is 252 g/mol. The van der Waals surface area contributed by atoms with Gasteiger partial charge in [0.25, 0.3) is 5.88 Å². The zero-order chi connectivity index (χ0) is 12.4. The summed E-state index contributed by atoms with van der Waals surface area (Å²) in [5.41, 5.74) is 1.09. The first kappa shape index (κ1) is 11.8. The summed E-state index contributed by atoms with van der Waals surface area (Å²) in [5, 5.41) is 0.447. The highest BCUT2D eigenvalue weighted by Gasteiger charge is 2.12. The fraction of sp³-hybridized carbons (Fsp3) is 0.167. The van der Waals surface area contributed by atoms with Crippen molar-refractivity contribution in [2.45, 2.75) is 13.8 Å². The van der Waals surface area contributed by atoms with Crippen LogP contribution in [0.15, 0.2) is 24.5 Å². The fourth-order valence-electron chi connectivity index (χ4n) is 1.31. The molecular formula is C12H10ClFN2O. The molecule has 2 aromatic rings. The molecule has 0 atom stereocenters. The molecule has 88 valence electrons. The van der Waals surface area contributed by atoms with Gasteiger partial charge in [0.2, 0.25) is 5.82 Å². The second kappa shape index (κ2) is 4.67. The SMILES string of the molecule is Cc1cccc(Oc2ncnc(C)c2F)c1Cl. The maximum Gasteiger partial charge on any atom is 0.259 e. The average Bonchev–Trinajstić information content (AvgIpc) is 2.31. The number of benzene rings is 1. The van der Waals surface area contributed by atoms with Crippen LogP contribution in [0, 0.1) is 19.7 Å². The first-order chi connectivity index (χ1) is 8.09. The summed E-state index contributed by atoms with van der Waals surface area (Å²) in [5.74, 6) is -0.321. The van der Waals surface area contributed by atoms with Crippen molar-refractivity contribution < 1.29 is 9.13 Å². The molecule has 0 bridgehead atoms. The Hall–Kier alpha value is -1.68. The fourth-order valence-corrected chi connectivity index (χ4v) is 1.48. The van der Waals surface area contributed by atoms with Crippen molar-refractivity contribution in [2.75, 3.05) is 0 Å². The largest absolute Gasteiger partial charge is 0.435 e. The van der Waals surface area contributed by atoms with Gasteiger partial charge in [-0.2, -0.15) is 9.37 Å². The molecule has 0 fully saturated rings. The van der Waals surface area contributed by atoms with Crippen molar-refractivity contribution in [3.8, 4) is 11.6 Å². The molecule has 0 aliphatic carbocycles. The van der Waals surface area contributed by atoms with E-state index in [2.05, 4.69) is 9.97 Å². The minimum absolute atomic E-state index is 0.120. The van der Waals surface area contributed by atoms with E-state index in [9.17, 15) is 4.39 Å². The van der Waals surface area contributed by atoms with E-state index in [0.29, 0.717) is 10.8 Å².